The van der Waals surface area contributed by atoms with E-state index in [1.54, 1.807) is 17.0 Å². The summed E-state index contributed by atoms with van der Waals surface area (Å²) >= 11 is 0. The van der Waals surface area contributed by atoms with Crippen LogP contribution >= 0.6 is 0 Å². The molecular formula is C20H28FN3O3. The summed E-state index contributed by atoms with van der Waals surface area (Å²) in [6.45, 7) is 2.56. The third kappa shape index (κ3) is 4.84. The number of morpholine rings is 1. The Bertz CT molecular complexity index is 687. The van der Waals surface area contributed by atoms with Gasteiger partial charge in [0.25, 0.3) is 5.91 Å². The molecule has 2 amide bonds. The average molecular weight is 377 g/mol. The smallest absolute Gasteiger partial charge is 0.253 e. The summed E-state index contributed by atoms with van der Waals surface area (Å²) < 4.78 is 19.5. The van der Waals surface area contributed by atoms with E-state index in [1.807, 2.05) is 19.0 Å². The van der Waals surface area contributed by atoms with Crippen LogP contribution in [0.4, 0.5) is 10.1 Å². The zero-order valence-corrected chi connectivity index (χ0v) is 16.1. The molecule has 0 radical (unpaired) electrons. The molecular weight excluding hydrogens is 349 g/mol. The molecule has 0 bridgehead atoms. The number of rotatable bonds is 5. The predicted octanol–water partition coefficient (Wildman–Crippen LogP) is 1.89. The van der Waals surface area contributed by atoms with Gasteiger partial charge in [0.15, 0.2) is 0 Å². The second kappa shape index (κ2) is 8.35. The quantitative estimate of drug-likeness (QED) is 0.786. The molecule has 0 saturated carbocycles. The Kier molecular flexibility index (Phi) is 6.11. The van der Waals surface area contributed by atoms with Gasteiger partial charge in [-0.15, -0.1) is 0 Å². The second-order valence-electron chi connectivity index (χ2n) is 7.72. The first-order valence-corrected chi connectivity index (χ1v) is 9.51. The van der Waals surface area contributed by atoms with Gasteiger partial charge in [0, 0.05) is 25.2 Å². The standard InChI is InChI=1S/C20H28FN3O3/c1-22(2)10-4-7-18(25)23-11-8-20(9-12-23)15-24(19(26)14-27-20)17-6-3-5-16(21)13-17/h3,5-6,13H,4,7-12,14-15H2,1-2H3. The lowest BCUT2D eigenvalue weighted by Crippen LogP contribution is -2.59. The van der Waals surface area contributed by atoms with E-state index in [-0.39, 0.29) is 24.2 Å². The van der Waals surface area contributed by atoms with Crippen LogP contribution in [0.3, 0.4) is 0 Å². The number of ether oxygens (including phenoxy) is 1. The van der Waals surface area contributed by atoms with Gasteiger partial charge in [0.1, 0.15) is 12.4 Å². The number of anilines is 1. The van der Waals surface area contributed by atoms with Crippen LogP contribution in [0.1, 0.15) is 25.7 Å². The summed E-state index contributed by atoms with van der Waals surface area (Å²) in [5, 5.41) is 0. The Morgan fingerprint density at radius 1 is 1.30 bits per heavy atom. The Labute approximate surface area is 159 Å². The predicted molar refractivity (Wildman–Crippen MR) is 101 cm³/mol. The maximum absolute atomic E-state index is 13.6. The van der Waals surface area contributed by atoms with Crippen LogP contribution in [0.25, 0.3) is 0 Å². The van der Waals surface area contributed by atoms with Gasteiger partial charge >= 0.3 is 0 Å². The van der Waals surface area contributed by atoms with Gasteiger partial charge in [-0.25, -0.2) is 4.39 Å². The van der Waals surface area contributed by atoms with Gasteiger partial charge in [-0.05, 0) is 58.1 Å². The number of piperidine rings is 1. The Morgan fingerprint density at radius 2 is 2.04 bits per heavy atom. The molecule has 0 aliphatic carbocycles. The van der Waals surface area contributed by atoms with E-state index in [0.717, 1.165) is 13.0 Å². The number of hydrogen-bond acceptors (Lipinski definition) is 4. The fourth-order valence-electron chi connectivity index (χ4n) is 3.76. The molecule has 1 aromatic rings. The first kappa shape index (κ1) is 19.8. The number of halogens is 1. The molecule has 1 spiro atoms. The highest BCUT2D eigenvalue weighted by atomic mass is 19.1. The number of carbonyl (C=O) groups excluding carboxylic acids is 2. The lowest BCUT2D eigenvalue weighted by Gasteiger charge is -2.47. The minimum Gasteiger partial charge on any atom is -0.363 e. The molecule has 0 N–H and O–H groups in total. The van der Waals surface area contributed by atoms with Gasteiger partial charge in [-0.1, -0.05) is 6.07 Å². The maximum atomic E-state index is 13.6. The fourth-order valence-corrected chi connectivity index (χ4v) is 3.76. The van der Waals surface area contributed by atoms with Gasteiger partial charge in [-0.3, -0.25) is 9.59 Å². The minimum atomic E-state index is -0.458. The Balaban J connectivity index is 1.58. The highest BCUT2D eigenvalue weighted by Gasteiger charge is 2.43. The van der Waals surface area contributed by atoms with E-state index < -0.39 is 5.60 Å². The van der Waals surface area contributed by atoms with Gasteiger partial charge in [-0.2, -0.15) is 0 Å². The molecule has 2 fully saturated rings. The molecule has 2 aliphatic heterocycles. The third-order valence-electron chi connectivity index (χ3n) is 5.39. The minimum absolute atomic E-state index is 0.00665. The van der Waals surface area contributed by atoms with Crippen molar-refractivity contribution in [2.24, 2.45) is 0 Å². The van der Waals surface area contributed by atoms with Gasteiger partial charge in [0.05, 0.1) is 12.1 Å². The van der Waals surface area contributed by atoms with Crippen molar-refractivity contribution in [1.82, 2.24) is 9.80 Å². The van der Waals surface area contributed by atoms with Crippen molar-refractivity contribution < 1.29 is 18.7 Å². The lowest BCUT2D eigenvalue weighted by molar-refractivity contribution is -0.150. The van der Waals surface area contributed by atoms with E-state index >= 15 is 0 Å². The molecule has 2 aliphatic rings. The summed E-state index contributed by atoms with van der Waals surface area (Å²) in [7, 11) is 4.00. The highest BCUT2D eigenvalue weighted by Crippen LogP contribution is 2.33. The zero-order valence-electron chi connectivity index (χ0n) is 16.1. The molecule has 0 unspecified atom stereocenters. The second-order valence-corrected chi connectivity index (χ2v) is 7.72. The summed E-state index contributed by atoms with van der Waals surface area (Å²) in [6.07, 6.45) is 2.78. The summed E-state index contributed by atoms with van der Waals surface area (Å²) in [5.41, 5.74) is 0.102. The number of likely N-dealkylation sites (tertiary alicyclic amines) is 1. The molecule has 6 nitrogen and oxygen atoms in total. The summed E-state index contributed by atoms with van der Waals surface area (Å²) in [6, 6.07) is 6.09. The van der Waals surface area contributed by atoms with E-state index in [0.29, 0.717) is 44.6 Å². The van der Waals surface area contributed by atoms with Crippen LogP contribution in [0, 0.1) is 5.82 Å². The van der Waals surface area contributed by atoms with Crippen molar-refractivity contribution in [1.29, 1.82) is 0 Å². The maximum Gasteiger partial charge on any atom is 0.253 e. The highest BCUT2D eigenvalue weighted by molar-refractivity contribution is 5.95. The van der Waals surface area contributed by atoms with E-state index in [2.05, 4.69) is 4.90 Å². The molecule has 148 valence electrons. The van der Waals surface area contributed by atoms with Crippen molar-refractivity contribution in [2.45, 2.75) is 31.3 Å². The summed E-state index contributed by atoms with van der Waals surface area (Å²) in [4.78, 5) is 30.3. The SMILES string of the molecule is CN(C)CCCC(=O)N1CCC2(CC1)CN(c1cccc(F)c1)C(=O)CO2. The van der Waals surface area contributed by atoms with Crippen molar-refractivity contribution in [2.75, 3.05) is 51.8 Å². The van der Waals surface area contributed by atoms with E-state index in [4.69, 9.17) is 4.74 Å². The van der Waals surface area contributed by atoms with E-state index in [9.17, 15) is 14.0 Å². The fraction of sp³-hybridized carbons (Fsp3) is 0.600. The molecule has 2 saturated heterocycles. The van der Waals surface area contributed by atoms with Crippen molar-refractivity contribution in [3.05, 3.63) is 30.1 Å². The number of benzene rings is 1. The number of amides is 2. The molecule has 0 aromatic heterocycles. The lowest BCUT2D eigenvalue weighted by atomic mass is 9.88. The molecule has 1 aromatic carbocycles. The van der Waals surface area contributed by atoms with Crippen LogP contribution in [0.2, 0.25) is 0 Å². The molecule has 7 heteroatoms. The zero-order chi connectivity index (χ0) is 19.4. The van der Waals surface area contributed by atoms with Crippen molar-refractivity contribution in [3.8, 4) is 0 Å². The van der Waals surface area contributed by atoms with Crippen LogP contribution in [0.5, 0.6) is 0 Å². The molecule has 0 atom stereocenters. The van der Waals surface area contributed by atoms with Crippen LogP contribution in [-0.2, 0) is 14.3 Å². The Hall–Kier alpha value is -1.99. The monoisotopic (exact) mass is 377 g/mol. The van der Waals surface area contributed by atoms with Crippen LogP contribution in [0.15, 0.2) is 24.3 Å². The normalized spacial score (nSPS) is 19.8. The van der Waals surface area contributed by atoms with E-state index in [1.165, 1.54) is 12.1 Å². The van der Waals surface area contributed by atoms with Gasteiger partial charge < -0.3 is 19.4 Å². The Morgan fingerprint density at radius 3 is 2.70 bits per heavy atom. The number of hydrogen-bond donors (Lipinski definition) is 0. The van der Waals surface area contributed by atoms with Crippen molar-refractivity contribution in [3.63, 3.8) is 0 Å². The molecule has 3 rings (SSSR count). The molecule has 27 heavy (non-hydrogen) atoms. The summed E-state index contributed by atoms with van der Waals surface area (Å²) in [5.74, 6) is -0.340. The van der Waals surface area contributed by atoms with Crippen LogP contribution in [-0.4, -0.2) is 74.1 Å². The largest absolute Gasteiger partial charge is 0.363 e. The first-order valence-electron chi connectivity index (χ1n) is 9.51. The van der Waals surface area contributed by atoms with Gasteiger partial charge in [0.2, 0.25) is 5.91 Å². The van der Waals surface area contributed by atoms with Crippen LogP contribution < -0.4 is 4.90 Å². The average Bonchev–Trinajstić information content (AvgIpc) is 2.64. The number of nitrogens with zero attached hydrogens (tertiary/aromatic N) is 3. The molecule has 2 heterocycles. The third-order valence-corrected chi connectivity index (χ3v) is 5.39. The van der Waals surface area contributed by atoms with Crippen molar-refractivity contribution >= 4 is 17.5 Å². The number of carbonyl (C=O) groups is 2. The topological polar surface area (TPSA) is 53.1 Å². The first-order chi connectivity index (χ1) is 12.9.